The summed E-state index contributed by atoms with van der Waals surface area (Å²) in [6.45, 7) is 3.42. The van der Waals surface area contributed by atoms with E-state index in [1.165, 1.54) is 3.97 Å². The summed E-state index contributed by atoms with van der Waals surface area (Å²) >= 11 is 0. The number of anilines is 1. The van der Waals surface area contributed by atoms with Crippen molar-refractivity contribution in [3.05, 3.63) is 54.4 Å². The van der Waals surface area contributed by atoms with Gasteiger partial charge in [0.15, 0.2) is 0 Å². The van der Waals surface area contributed by atoms with Gasteiger partial charge in [-0.2, -0.15) is 0 Å². The summed E-state index contributed by atoms with van der Waals surface area (Å²) in [6.07, 6.45) is 5.62. The van der Waals surface area contributed by atoms with Crippen LogP contribution in [0.25, 0.3) is 11.0 Å². The van der Waals surface area contributed by atoms with E-state index in [2.05, 4.69) is 15.2 Å². The fourth-order valence-corrected chi connectivity index (χ4v) is 5.99. The summed E-state index contributed by atoms with van der Waals surface area (Å²) in [5.41, 5.74) is 3.31. The van der Waals surface area contributed by atoms with Gasteiger partial charge in [0, 0.05) is 56.3 Å². The van der Waals surface area contributed by atoms with Crippen LogP contribution in [0.5, 0.6) is 0 Å². The molecule has 2 fully saturated rings. The SMILES string of the molecule is CO[C@@H]1CCN(c2cccc(S(=O)(=O)n3cc(C4CCNC4)c4ncccc43)c2)C1. The second kappa shape index (κ2) is 7.68. The maximum absolute atomic E-state index is 13.6. The van der Waals surface area contributed by atoms with Gasteiger partial charge in [0.1, 0.15) is 0 Å². The maximum Gasteiger partial charge on any atom is 0.268 e. The third kappa shape index (κ3) is 3.29. The molecule has 5 rings (SSSR count). The molecule has 30 heavy (non-hydrogen) atoms. The van der Waals surface area contributed by atoms with Gasteiger partial charge in [0.25, 0.3) is 10.0 Å². The molecular formula is C22H26N4O3S. The van der Waals surface area contributed by atoms with Crippen LogP contribution in [0.4, 0.5) is 5.69 Å². The molecule has 0 amide bonds. The lowest BCUT2D eigenvalue weighted by molar-refractivity contribution is 0.121. The van der Waals surface area contributed by atoms with Crippen LogP contribution in [0.15, 0.2) is 53.7 Å². The fourth-order valence-electron chi connectivity index (χ4n) is 4.58. The molecule has 2 saturated heterocycles. The first kappa shape index (κ1) is 19.5. The highest BCUT2D eigenvalue weighted by molar-refractivity contribution is 7.90. The van der Waals surface area contributed by atoms with Gasteiger partial charge in [-0.3, -0.25) is 4.98 Å². The van der Waals surface area contributed by atoms with Crippen molar-refractivity contribution in [3.63, 3.8) is 0 Å². The minimum atomic E-state index is -3.75. The van der Waals surface area contributed by atoms with E-state index in [0.717, 1.165) is 55.8 Å². The molecule has 2 atom stereocenters. The van der Waals surface area contributed by atoms with Gasteiger partial charge in [-0.1, -0.05) is 6.07 Å². The molecule has 2 aromatic heterocycles. The lowest BCUT2D eigenvalue weighted by atomic mass is 10.0. The van der Waals surface area contributed by atoms with E-state index in [1.807, 2.05) is 18.2 Å². The van der Waals surface area contributed by atoms with Crippen LogP contribution in [0.2, 0.25) is 0 Å². The second-order valence-electron chi connectivity index (χ2n) is 8.04. The smallest absolute Gasteiger partial charge is 0.268 e. The molecule has 3 aromatic rings. The number of rotatable bonds is 5. The lowest BCUT2D eigenvalue weighted by Crippen LogP contribution is -2.22. The molecule has 0 radical (unpaired) electrons. The van der Waals surface area contributed by atoms with Crippen molar-refractivity contribution in [1.29, 1.82) is 0 Å². The van der Waals surface area contributed by atoms with E-state index >= 15 is 0 Å². The number of hydrogen-bond donors (Lipinski definition) is 1. The van der Waals surface area contributed by atoms with Crippen LogP contribution in [-0.2, 0) is 14.8 Å². The first-order valence-electron chi connectivity index (χ1n) is 10.4. The van der Waals surface area contributed by atoms with Gasteiger partial charge in [0.2, 0.25) is 0 Å². The van der Waals surface area contributed by atoms with E-state index < -0.39 is 10.0 Å². The van der Waals surface area contributed by atoms with Crippen molar-refractivity contribution in [2.75, 3.05) is 38.2 Å². The zero-order chi connectivity index (χ0) is 20.7. The molecule has 158 valence electrons. The summed E-state index contributed by atoms with van der Waals surface area (Å²) in [5, 5.41) is 3.36. The maximum atomic E-state index is 13.6. The number of hydrogen-bond acceptors (Lipinski definition) is 6. The zero-order valence-electron chi connectivity index (χ0n) is 17.0. The van der Waals surface area contributed by atoms with Crippen molar-refractivity contribution in [3.8, 4) is 0 Å². The van der Waals surface area contributed by atoms with E-state index in [9.17, 15) is 8.42 Å². The van der Waals surface area contributed by atoms with Crippen molar-refractivity contribution in [2.24, 2.45) is 0 Å². The van der Waals surface area contributed by atoms with Crippen molar-refractivity contribution in [2.45, 2.75) is 29.8 Å². The highest BCUT2D eigenvalue weighted by Gasteiger charge is 2.28. The predicted octanol–water partition coefficient (Wildman–Crippen LogP) is 2.58. The monoisotopic (exact) mass is 426 g/mol. The van der Waals surface area contributed by atoms with Crippen LogP contribution in [-0.4, -0.2) is 56.8 Å². The molecule has 8 heteroatoms. The van der Waals surface area contributed by atoms with E-state index in [1.54, 1.807) is 37.7 Å². The molecule has 0 bridgehead atoms. The van der Waals surface area contributed by atoms with Crippen LogP contribution in [0.3, 0.4) is 0 Å². The molecule has 7 nitrogen and oxygen atoms in total. The Kier molecular flexibility index (Phi) is 5.00. The Morgan fingerprint density at radius 1 is 1.20 bits per heavy atom. The Morgan fingerprint density at radius 2 is 2.10 bits per heavy atom. The number of nitrogens with one attached hydrogen (secondary N) is 1. The molecule has 1 aromatic carbocycles. The number of fused-ring (bicyclic) bond motifs is 1. The Balaban J connectivity index is 1.56. The van der Waals surface area contributed by atoms with Gasteiger partial charge in [-0.05, 0) is 49.7 Å². The summed E-state index contributed by atoms with van der Waals surface area (Å²) in [7, 11) is -2.03. The van der Waals surface area contributed by atoms with E-state index in [-0.39, 0.29) is 16.9 Å². The molecular weight excluding hydrogens is 400 g/mol. The first-order chi connectivity index (χ1) is 14.6. The molecule has 2 aliphatic rings. The molecule has 1 unspecified atom stereocenters. The van der Waals surface area contributed by atoms with E-state index in [4.69, 9.17) is 4.74 Å². The van der Waals surface area contributed by atoms with Gasteiger partial charge in [-0.15, -0.1) is 0 Å². The molecule has 4 heterocycles. The third-order valence-electron chi connectivity index (χ3n) is 6.27. The van der Waals surface area contributed by atoms with Crippen molar-refractivity contribution < 1.29 is 13.2 Å². The number of ether oxygens (including phenoxy) is 1. The Labute approximate surface area is 176 Å². The topological polar surface area (TPSA) is 76.5 Å². The van der Waals surface area contributed by atoms with Crippen LogP contribution >= 0.6 is 0 Å². The minimum Gasteiger partial charge on any atom is -0.380 e. The quantitative estimate of drug-likeness (QED) is 0.676. The predicted molar refractivity (Wildman–Crippen MR) is 117 cm³/mol. The van der Waals surface area contributed by atoms with Crippen LogP contribution in [0.1, 0.15) is 24.3 Å². The molecule has 0 spiro atoms. The van der Waals surface area contributed by atoms with Crippen molar-refractivity contribution in [1.82, 2.24) is 14.3 Å². The number of pyridine rings is 1. The van der Waals surface area contributed by atoms with Gasteiger partial charge in [0.05, 0.1) is 22.0 Å². The minimum absolute atomic E-state index is 0.187. The highest BCUT2D eigenvalue weighted by Crippen LogP contribution is 2.33. The number of methoxy groups -OCH3 is 1. The Hall–Kier alpha value is -2.42. The fraction of sp³-hybridized carbons (Fsp3) is 0.409. The summed E-state index contributed by atoms with van der Waals surface area (Å²) < 4.78 is 34.1. The third-order valence-corrected chi connectivity index (χ3v) is 7.94. The largest absolute Gasteiger partial charge is 0.380 e. The number of aromatic nitrogens is 2. The highest BCUT2D eigenvalue weighted by atomic mass is 32.2. The standard InChI is InChI=1S/C22H26N4O3S/c1-29-18-8-11-25(14-18)17-4-2-5-19(12-17)30(27,28)26-15-20(16-7-10-23-13-16)22-21(26)6-3-9-24-22/h2-6,9,12,15-16,18,23H,7-8,10-11,13-14H2,1H3/t16?,18-/m1/s1. The lowest BCUT2D eigenvalue weighted by Gasteiger charge is -2.19. The summed E-state index contributed by atoms with van der Waals surface area (Å²) in [4.78, 5) is 6.98. The summed E-state index contributed by atoms with van der Waals surface area (Å²) in [5.74, 6) is 0.278. The van der Waals surface area contributed by atoms with E-state index in [0.29, 0.717) is 5.52 Å². The number of nitrogens with zero attached hydrogens (tertiary/aromatic N) is 3. The van der Waals surface area contributed by atoms with Gasteiger partial charge in [-0.25, -0.2) is 12.4 Å². The average Bonchev–Trinajstić information content (AvgIpc) is 3.53. The number of benzene rings is 1. The summed E-state index contributed by atoms with van der Waals surface area (Å²) in [6, 6.07) is 10.8. The molecule has 1 N–H and O–H groups in total. The van der Waals surface area contributed by atoms with Crippen LogP contribution < -0.4 is 10.2 Å². The second-order valence-corrected chi connectivity index (χ2v) is 9.85. The van der Waals surface area contributed by atoms with Gasteiger partial charge < -0.3 is 15.0 Å². The Bertz CT molecular complexity index is 1170. The normalized spacial score (nSPS) is 22.2. The first-order valence-corrected chi connectivity index (χ1v) is 11.8. The van der Waals surface area contributed by atoms with Gasteiger partial charge >= 0.3 is 0 Å². The molecule has 0 aliphatic carbocycles. The van der Waals surface area contributed by atoms with Crippen molar-refractivity contribution >= 4 is 26.7 Å². The average molecular weight is 427 g/mol. The molecule has 0 saturated carbocycles. The van der Waals surface area contributed by atoms with Crippen LogP contribution in [0, 0.1) is 0 Å². The molecule has 2 aliphatic heterocycles. The Morgan fingerprint density at radius 3 is 2.87 bits per heavy atom. The zero-order valence-corrected chi connectivity index (χ0v) is 17.8.